The van der Waals surface area contributed by atoms with Crippen LogP contribution in [0, 0.1) is 0 Å². The first kappa shape index (κ1) is 12.6. The smallest absolute Gasteiger partial charge is 0.317 e. The number of oxime groups is 1. The van der Waals surface area contributed by atoms with Gasteiger partial charge in [0, 0.05) is 13.6 Å². The van der Waals surface area contributed by atoms with E-state index >= 15 is 0 Å². The van der Waals surface area contributed by atoms with Crippen LogP contribution in [0.25, 0.3) is 0 Å². The van der Waals surface area contributed by atoms with E-state index in [0.717, 1.165) is 25.7 Å². The van der Waals surface area contributed by atoms with E-state index in [4.69, 9.17) is 10.9 Å². The molecule has 1 fully saturated rings. The predicted octanol–water partition coefficient (Wildman–Crippen LogP) is 0.707. The summed E-state index contributed by atoms with van der Waals surface area (Å²) >= 11 is 0. The third kappa shape index (κ3) is 2.37. The number of nitrogens with one attached hydrogen (secondary N) is 1. The number of amidine groups is 1. The van der Waals surface area contributed by atoms with E-state index in [9.17, 15) is 4.79 Å². The van der Waals surface area contributed by atoms with Gasteiger partial charge in [0.15, 0.2) is 5.84 Å². The number of urea groups is 1. The molecule has 0 aromatic rings. The lowest BCUT2D eigenvalue weighted by Gasteiger charge is -2.30. The maximum Gasteiger partial charge on any atom is 0.317 e. The average molecular weight is 228 g/mol. The number of amides is 2. The summed E-state index contributed by atoms with van der Waals surface area (Å²) in [5, 5.41) is 14.7. The van der Waals surface area contributed by atoms with Crippen molar-refractivity contribution in [2.75, 3.05) is 13.6 Å². The molecule has 4 N–H and O–H groups in total. The minimum atomic E-state index is -0.657. The standard InChI is InChI=1S/C10H20N4O2/c1-3-14(2)9(15)12-10(8(11)13-16)6-4-5-7-10/h16H,3-7H2,1-2H3,(H2,11,13)(H,12,15). The summed E-state index contributed by atoms with van der Waals surface area (Å²) in [6, 6.07) is -0.184. The fraction of sp³-hybridized carbons (Fsp3) is 0.800. The summed E-state index contributed by atoms with van der Waals surface area (Å²) in [5.41, 5.74) is 5.01. The van der Waals surface area contributed by atoms with Gasteiger partial charge in [0.25, 0.3) is 0 Å². The predicted molar refractivity (Wildman–Crippen MR) is 61.4 cm³/mol. The molecule has 92 valence electrons. The Kier molecular flexibility index (Phi) is 3.98. The van der Waals surface area contributed by atoms with Gasteiger partial charge in [-0.05, 0) is 19.8 Å². The molecule has 0 aliphatic heterocycles. The molecule has 1 rings (SSSR count). The van der Waals surface area contributed by atoms with Crippen molar-refractivity contribution in [2.45, 2.75) is 38.1 Å². The maximum absolute atomic E-state index is 11.8. The number of nitrogens with zero attached hydrogens (tertiary/aromatic N) is 2. The highest BCUT2D eigenvalue weighted by Gasteiger charge is 2.40. The fourth-order valence-corrected chi connectivity index (χ4v) is 1.96. The summed E-state index contributed by atoms with van der Waals surface area (Å²) < 4.78 is 0. The highest BCUT2D eigenvalue weighted by atomic mass is 16.4. The summed E-state index contributed by atoms with van der Waals surface area (Å²) in [6.45, 7) is 2.52. The van der Waals surface area contributed by atoms with Crippen LogP contribution in [0.1, 0.15) is 32.6 Å². The van der Waals surface area contributed by atoms with E-state index in [-0.39, 0.29) is 11.9 Å². The van der Waals surface area contributed by atoms with Crippen LogP contribution in [0.15, 0.2) is 5.16 Å². The van der Waals surface area contributed by atoms with Gasteiger partial charge in [0.1, 0.15) is 5.54 Å². The van der Waals surface area contributed by atoms with Gasteiger partial charge in [-0.3, -0.25) is 0 Å². The molecule has 0 saturated heterocycles. The van der Waals surface area contributed by atoms with Crippen molar-refractivity contribution in [2.24, 2.45) is 10.9 Å². The Morgan fingerprint density at radius 2 is 2.12 bits per heavy atom. The summed E-state index contributed by atoms with van der Waals surface area (Å²) in [6.07, 6.45) is 3.41. The van der Waals surface area contributed by atoms with Crippen LogP contribution in [0.5, 0.6) is 0 Å². The van der Waals surface area contributed by atoms with Crippen LogP contribution in [-0.2, 0) is 0 Å². The third-order valence-corrected chi connectivity index (χ3v) is 3.22. The third-order valence-electron chi connectivity index (χ3n) is 3.22. The zero-order valence-corrected chi connectivity index (χ0v) is 9.86. The topological polar surface area (TPSA) is 91.0 Å². The number of carbonyl (C=O) groups excluding carboxylic acids is 1. The lowest BCUT2D eigenvalue weighted by Crippen LogP contribution is -2.58. The second-order valence-corrected chi connectivity index (χ2v) is 4.22. The van der Waals surface area contributed by atoms with Crippen LogP contribution in [0.2, 0.25) is 0 Å². The van der Waals surface area contributed by atoms with Gasteiger partial charge in [-0.25, -0.2) is 4.79 Å². The zero-order valence-electron chi connectivity index (χ0n) is 9.86. The van der Waals surface area contributed by atoms with Crippen molar-refractivity contribution in [3.63, 3.8) is 0 Å². The van der Waals surface area contributed by atoms with Crippen molar-refractivity contribution >= 4 is 11.9 Å². The molecule has 0 unspecified atom stereocenters. The molecule has 2 amide bonds. The molecule has 0 bridgehead atoms. The van der Waals surface area contributed by atoms with Crippen LogP contribution in [0.4, 0.5) is 4.79 Å². The molecule has 1 aliphatic rings. The van der Waals surface area contributed by atoms with Crippen molar-refractivity contribution in [1.82, 2.24) is 10.2 Å². The van der Waals surface area contributed by atoms with E-state index < -0.39 is 5.54 Å². The highest BCUT2D eigenvalue weighted by molar-refractivity contribution is 5.93. The number of rotatable bonds is 3. The molecular weight excluding hydrogens is 208 g/mol. The second kappa shape index (κ2) is 5.05. The van der Waals surface area contributed by atoms with Gasteiger partial charge in [-0.2, -0.15) is 0 Å². The number of nitrogens with two attached hydrogens (primary N) is 1. The molecule has 0 radical (unpaired) electrons. The Labute approximate surface area is 95.5 Å². The maximum atomic E-state index is 11.8. The van der Waals surface area contributed by atoms with Crippen molar-refractivity contribution in [3.8, 4) is 0 Å². The molecule has 6 nitrogen and oxygen atoms in total. The second-order valence-electron chi connectivity index (χ2n) is 4.22. The largest absolute Gasteiger partial charge is 0.409 e. The van der Waals surface area contributed by atoms with Gasteiger partial charge in [-0.1, -0.05) is 18.0 Å². The molecule has 0 atom stereocenters. The molecule has 0 aromatic heterocycles. The minimum absolute atomic E-state index is 0.0999. The highest BCUT2D eigenvalue weighted by Crippen LogP contribution is 2.30. The molecule has 1 aliphatic carbocycles. The van der Waals surface area contributed by atoms with Gasteiger partial charge < -0.3 is 21.2 Å². The van der Waals surface area contributed by atoms with Gasteiger partial charge in [-0.15, -0.1) is 0 Å². The van der Waals surface area contributed by atoms with Gasteiger partial charge >= 0.3 is 6.03 Å². The molecule has 16 heavy (non-hydrogen) atoms. The lowest BCUT2D eigenvalue weighted by atomic mass is 9.96. The Bertz CT molecular complexity index is 285. The van der Waals surface area contributed by atoms with Crippen LogP contribution >= 0.6 is 0 Å². The first-order valence-corrected chi connectivity index (χ1v) is 5.57. The van der Waals surface area contributed by atoms with Crippen molar-refractivity contribution in [1.29, 1.82) is 0 Å². The SMILES string of the molecule is CCN(C)C(=O)NC1(C(N)=NO)CCCC1. The molecule has 1 saturated carbocycles. The van der Waals surface area contributed by atoms with Gasteiger partial charge in [0.05, 0.1) is 0 Å². The number of hydrogen-bond donors (Lipinski definition) is 3. The number of carbonyl (C=O) groups is 1. The van der Waals surface area contributed by atoms with E-state index in [1.54, 1.807) is 11.9 Å². The average Bonchev–Trinajstić information content (AvgIpc) is 2.76. The lowest BCUT2D eigenvalue weighted by molar-refractivity contribution is 0.202. The first-order chi connectivity index (χ1) is 7.55. The fourth-order valence-electron chi connectivity index (χ4n) is 1.96. The Morgan fingerprint density at radius 1 is 1.56 bits per heavy atom. The van der Waals surface area contributed by atoms with Gasteiger partial charge in [0.2, 0.25) is 0 Å². The molecule has 0 aromatic carbocycles. The Morgan fingerprint density at radius 3 is 2.56 bits per heavy atom. The normalized spacial score (nSPS) is 19.5. The van der Waals surface area contributed by atoms with E-state index in [1.807, 2.05) is 6.92 Å². The summed E-state index contributed by atoms with van der Waals surface area (Å²) in [4.78, 5) is 13.3. The van der Waals surface area contributed by atoms with Crippen molar-refractivity contribution in [3.05, 3.63) is 0 Å². The van der Waals surface area contributed by atoms with Crippen molar-refractivity contribution < 1.29 is 10.0 Å². The molecule has 6 heteroatoms. The Hall–Kier alpha value is -1.46. The zero-order chi connectivity index (χ0) is 12.2. The summed E-state index contributed by atoms with van der Waals surface area (Å²) in [7, 11) is 1.71. The minimum Gasteiger partial charge on any atom is -0.409 e. The van der Waals surface area contributed by atoms with E-state index in [2.05, 4.69) is 10.5 Å². The van der Waals surface area contributed by atoms with Crippen LogP contribution in [0.3, 0.4) is 0 Å². The quantitative estimate of drug-likeness (QED) is 0.287. The monoisotopic (exact) mass is 228 g/mol. The Balaban J connectivity index is 2.76. The van der Waals surface area contributed by atoms with E-state index in [1.165, 1.54) is 0 Å². The molecule has 0 heterocycles. The first-order valence-electron chi connectivity index (χ1n) is 5.57. The van der Waals surface area contributed by atoms with Crippen LogP contribution in [-0.4, -0.2) is 41.1 Å². The van der Waals surface area contributed by atoms with E-state index in [0.29, 0.717) is 6.54 Å². The summed E-state index contributed by atoms with van der Waals surface area (Å²) in [5.74, 6) is 0.0999. The molecular formula is C10H20N4O2. The van der Waals surface area contributed by atoms with Crippen LogP contribution < -0.4 is 11.1 Å². The number of hydrogen-bond acceptors (Lipinski definition) is 3. The molecule has 0 spiro atoms.